The van der Waals surface area contributed by atoms with Gasteiger partial charge in [0, 0.05) is 6.04 Å². The first-order valence-corrected chi connectivity index (χ1v) is 5.72. The fourth-order valence-corrected chi connectivity index (χ4v) is 2.34. The smallest absolute Gasteiger partial charge is 0.306 e. The minimum atomic E-state index is -0.746. The van der Waals surface area contributed by atoms with E-state index in [4.69, 9.17) is 16.7 Å². The van der Waals surface area contributed by atoms with Crippen LogP contribution in [0.1, 0.15) is 18.9 Å². The normalized spacial score (nSPS) is 20.0. The van der Waals surface area contributed by atoms with Crippen molar-refractivity contribution in [1.82, 2.24) is 0 Å². The molecule has 4 heteroatoms. The quantitative estimate of drug-likeness (QED) is 0.853. The summed E-state index contributed by atoms with van der Waals surface area (Å²) < 4.78 is 0. The summed E-state index contributed by atoms with van der Waals surface area (Å²) in [6, 6.07) is 5.98. The number of nitrogens with one attached hydrogen (secondary N) is 1. The maximum Gasteiger partial charge on any atom is 0.306 e. The summed E-state index contributed by atoms with van der Waals surface area (Å²) in [5.74, 6) is -1.07. The van der Waals surface area contributed by atoms with Crippen LogP contribution in [0, 0.1) is 5.92 Å². The van der Waals surface area contributed by atoms with Gasteiger partial charge in [-0.15, -0.1) is 0 Å². The summed E-state index contributed by atoms with van der Waals surface area (Å²) >= 11 is 6.06. The van der Waals surface area contributed by atoms with Crippen LogP contribution < -0.4 is 5.32 Å². The maximum absolute atomic E-state index is 10.8. The number of carboxylic acid groups (broad SMARTS) is 1. The van der Waals surface area contributed by atoms with E-state index in [0.717, 1.165) is 12.1 Å². The van der Waals surface area contributed by atoms with E-state index in [2.05, 4.69) is 5.32 Å². The first kappa shape index (κ1) is 11.3. The molecule has 0 radical (unpaired) electrons. The van der Waals surface area contributed by atoms with Crippen molar-refractivity contribution in [3.8, 4) is 0 Å². The van der Waals surface area contributed by atoms with Crippen LogP contribution in [0.25, 0.3) is 0 Å². The first-order valence-electron chi connectivity index (χ1n) is 5.34. The Morgan fingerprint density at radius 2 is 2.44 bits per heavy atom. The summed E-state index contributed by atoms with van der Waals surface area (Å²) in [5.41, 5.74) is 2.14. The van der Waals surface area contributed by atoms with Gasteiger partial charge in [0.05, 0.1) is 16.6 Å². The highest BCUT2D eigenvalue weighted by Crippen LogP contribution is 2.34. The van der Waals surface area contributed by atoms with Crippen LogP contribution in [0.5, 0.6) is 0 Å². The lowest BCUT2D eigenvalue weighted by Gasteiger charge is -2.14. The molecule has 0 aromatic heterocycles. The fourth-order valence-electron chi connectivity index (χ4n) is 2.09. The topological polar surface area (TPSA) is 49.3 Å². The van der Waals surface area contributed by atoms with Crippen LogP contribution in [-0.4, -0.2) is 17.1 Å². The van der Waals surface area contributed by atoms with Gasteiger partial charge in [0.25, 0.3) is 0 Å². The molecule has 1 aromatic carbocycles. The lowest BCUT2D eigenvalue weighted by atomic mass is 9.99. The van der Waals surface area contributed by atoms with Gasteiger partial charge in [-0.1, -0.05) is 30.7 Å². The van der Waals surface area contributed by atoms with Crippen LogP contribution in [0.2, 0.25) is 5.02 Å². The van der Waals surface area contributed by atoms with Crippen molar-refractivity contribution < 1.29 is 9.90 Å². The van der Waals surface area contributed by atoms with E-state index in [1.807, 2.05) is 18.2 Å². The molecule has 1 aromatic rings. The van der Waals surface area contributed by atoms with Crippen molar-refractivity contribution in [2.45, 2.75) is 25.8 Å². The standard InChI is InChI=1S/C12H14ClNO2/c1-7(12(15)16)5-9-6-8-3-2-4-10(13)11(8)14-9/h2-4,7,9,14H,5-6H2,1H3,(H,15,16). The van der Waals surface area contributed by atoms with Gasteiger partial charge in [0.15, 0.2) is 0 Å². The molecule has 2 unspecified atom stereocenters. The Morgan fingerprint density at radius 1 is 1.69 bits per heavy atom. The van der Waals surface area contributed by atoms with E-state index in [1.165, 1.54) is 5.56 Å². The van der Waals surface area contributed by atoms with Gasteiger partial charge in [-0.05, 0) is 24.5 Å². The van der Waals surface area contributed by atoms with Crippen LogP contribution in [0.3, 0.4) is 0 Å². The Balaban J connectivity index is 2.06. The number of hydrogen-bond acceptors (Lipinski definition) is 2. The van der Waals surface area contributed by atoms with Gasteiger partial charge in [-0.2, -0.15) is 0 Å². The number of anilines is 1. The average Bonchev–Trinajstić information content (AvgIpc) is 2.61. The summed E-state index contributed by atoms with van der Waals surface area (Å²) in [4.78, 5) is 10.8. The molecule has 0 amide bonds. The number of hydrogen-bond donors (Lipinski definition) is 2. The molecule has 2 atom stereocenters. The van der Waals surface area contributed by atoms with E-state index in [-0.39, 0.29) is 12.0 Å². The SMILES string of the molecule is CC(CC1Cc2cccc(Cl)c2N1)C(=O)O. The summed E-state index contributed by atoms with van der Waals surface area (Å²) in [7, 11) is 0. The predicted molar refractivity (Wildman–Crippen MR) is 64.0 cm³/mol. The number of halogens is 1. The summed E-state index contributed by atoms with van der Waals surface area (Å²) in [5, 5.41) is 12.9. The van der Waals surface area contributed by atoms with Gasteiger partial charge in [0.2, 0.25) is 0 Å². The molecule has 1 heterocycles. The highest BCUT2D eigenvalue weighted by Gasteiger charge is 2.25. The number of carbonyl (C=O) groups is 1. The molecule has 1 aliphatic rings. The second kappa shape index (κ2) is 4.34. The monoisotopic (exact) mass is 239 g/mol. The third-order valence-electron chi connectivity index (χ3n) is 2.97. The highest BCUT2D eigenvalue weighted by atomic mass is 35.5. The first-order chi connectivity index (χ1) is 7.58. The van der Waals surface area contributed by atoms with E-state index >= 15 is 0 Å². The molecule has 2 rings (SSSR count). The highest BCUT2D eigenvalue weighted by molar-refractivity contribution is 6.33. The largest absolute Gasteiger partial charge is 0.481 e. The van der Waals surface area contributed by atoms with Crippen LogP contribution >= 0.6 is 11.6 Å². The zero-order chi connectivity index (χ0) is 11.7. The molecule has 1 aliphatic heterocycles. The number of rotatable bonds is 3. The van der Waals surface area contributed by atoms with E-state index < -0.39 is 5.97 Å². The van der Waals surface area contributed by atoms with Crippen LogP contribution in [0.15, 0.2) is 18.2 Å². The molecular formula is C12H14ClNO2. The van der Waals surface area contributed by atoms with Crippen LogP contribution in [0.4, 0.5) is 5.69 Å². The fraction of sp³-hybridized carbons (Fsp3) is 0.417. The minimum absolute atomic E-state index is 0.181. The third kappa shape index (κ3) is 2.14. The molecule has 2 N–H and O–H groups in total. The van der Waals surface area contributed by atoms with Crippen molar-refractivity contribution in [1.29, 1.82) is 0 Å². The van der Waals surface area contributed by atoms with Crippen molar-refractivity contribution >= 4 is 23.3 Å². The Labute approximate surface area is 99.4 Å². The Kier molecular flexibility index (Phi) is 3.06. The van der Waals surface area contributed by atoms with Crippen molar-refractivity contribution in [2.24, 2.45) is 5.92 Å². The van der Waals surface area contributed by atoms with Gasteiger partial charge in [0.1, 0.15) is 0 Å². The van der Waals surface area contributed by atoms with Crippen LogP contribution in [-0.2, 0) is 11.2 Å². The van der Waals surface area contributed by atoms with E-state index in [1.54, 1.807) is 6.92 Å². The lowest BCUT2D eigenvalue weighted by molar-refractivity contribution is -0.141. The van der Waals surface area contributed by atoms with Crippen molar-refractivity contribution in [3.63, 3.8) is 0 Å². The summed E-state index contributed by atoms with van der Waals surface area (Å²) in [6.07, 6.45) is 1.48. The van der Waals surface area contributed by atoms with Gasteiger partial charge in [-0.25, -0.2) is 0 Å². The lowest BCUT2D eigenvalue weighted by Crippen LogP contribution is -2.22. The molecule has 3 nitrogen and oxygen atoms in total. The van der Waals surface area contributed by atoms with E-state index in [0.29, 0.717) is 11.4 Å². The second-order valence-corrected chi connectivity index (χ2v) is 4.70. The number of benzene rings is 1. The molecule has 16 heavy (non-hydrogen) atoms. The Hall–Kier alpha value is -1.22. The zero-order valence-electron chi connectivity index (χ0n) is 9.03. The molecule has 86 valence electrons. The van der Waals surface area contributed by atoms with Gasteiger partial charge < -0.3 is 10.4 Å². The van der Waals surface area contributed by atoms with E-state index in [9.17, 15) is 4.79 Å². The molecular weight excluding hydrogens is 226 g/mol. The van der Waals surface area contributed by atoms with Crippen molar-refractivity contribution in [2.75, 3.05) is 5.32 Å². The summed E-state index contributed by atoms with van der Waals surface area (Å²) in [6.45, 7) is 1.73. The van der Waals surface area contributed by atoms with Gasteiger partial charge >= 0.3 is 5.97 Å². The van der Waals surface area contributed by atoms with Crippen molar-refractivity contribution in [3.05, 3.63) is 28.8 Å². The molecule has 0 spiro atoms. The molecule has 0 saturated carbocycles. The molecule has 0 saturated heterocycles. The number of carboxylic acids is 1. The number of fused-ring (bicyclic) bond motifs is 1. The Bertz CT molecular complexity index is 419. The zero-order valence-corrected chi connectivity index (χ0v) is 9.79. The minimum Gasteiger partial charge on any atom is -0.481 e. The maximum atomic E-state index is 10.8. The molecule has 0 fully saturated rings. The number of para-hydroxylation sites is 1. The second-order valence-electron chi connectivity index (χ2n) is 4.29. The number of aliphatic carboxylic acids is 1. The molecule has 0 aliphatic carbocycles. The van der Waals surface area contributed by atoms with Gasteiger partial charge in [-0.3, -0.25) is 4.79 Å². The third-order valence-corrected chi connectivity index (χ3v) is 3.29. The molecule has 0 bridgehead atoms. The average molecular weight is 240 g/mol. The Morgan fingerprint density at radius 3 is 3.06 bits per heavy atom. The predicted octanol–water partition coefficient (Wildman–Crippen LogP) is 2.79.